The van der Waals surface area contributed by atoms with Gasteiger partial charge in [0.15, 0.2) is 0 Å². The highest BCUT2D eigenvalue weighted by Crippen LogP contribution is 2.07. The van der Waals surface area contributed by atoms with E-state index < -0.39 is 0 Å². The first-order chi connectivity index (χ1) is 11.0. The topological polar surface area (TPSA) is 63.1 Å². The summed E-state index contributed by atoms with van der Waals surface area (Å²) in [5.41, 5.74) is 4.03. The summed E-state index contributed by atoms with van der Waals surface area (Å²) >= 11 is 0. The summed E-state index contributed by atoms with van der Waals surface area (Å²) in [6.07, 6.45) is 4.80. The van der Waals surface area contributed by atoms with E-state index in [1.165, 1.54) is 0 Å². The van der Waals surface area contributed by atoms with E-state index in [4.69, 9.17) is 0 Å². The molecule has 2 amide bonds. The first kappa shape index (κ1) is 17.0. The Bertz CT molecular complexity index is 645. The van der Waals surface area contributed by atoms with Crippen LogP contribution in [0.15, 0.2) is 24.5 Å². The second kappa shape index (κ2) is 7.76. The summed E-state index contributed by atoms with van der Waals surface area (Å²) < 4.78 is 1.89. The van der Waals surface area contributed by atoms with Gasteiger partial charge in [0.25, 0.3) is 0 Å². The van der Waals surface area contributed by atoms with Crippen molar-refractivity contribution in [3.63, 3.8) is 0 Å². The maximum absolute atomic E-state index is 12.2. The lowest BCUT2D eigenvalue weighted by molar-refractivity contribution is 0.206. The third-order valence-electron chi connectivity index (χ3n) is 3.48. The first-order valence-electron chi connectivity index (χ1n) is 7.92. The van der Waals surface area contributed by atoms with Gasteiger partial charge in [-0.15, -0.1) is 0 Å². The van der Waals surface area contributed by atoms with Gasteiger partial charge in [0.05, 0.1) is 18.4 Å². The van der Waals surface area contributed by atoms with Crippen molar-refractivity contribution in [2.45, 2.75) is 46.8 Å². The van der Waals surface area contributed by atoms with Gasteiger partial charge < -0.3 is 10.2 Å². The molecule has 0 unspecified atom stereocenters. The summed E-state index contributed by atoms with van der Waals surface area (Å²) in [7, 11) is 1.77. The van der Waals surface area contributed by atoms with Gasteiger partial charge in [-0.3, -0.25) is 9.67 Å². The summed E-state index contributed by atoms with van der Waals surface area (Å²) in [6, 6.07) is 3.91. The number of rotatable bonds is 6. The maximum atomic E-state index is 12.2. The van der Waals surface area contributed by atoms with Gasteiger partial charge in [0, 0.05) is 37.6 Å². The van der Waals surface area contributed by atoms with Crippen LogP contribution in [0.3, 0.4) is 0 Å². The van der Waals surface area contributed by atoms with Crippen LogP contribution < -0.4 is 5.32 Å². The van der Waals surface area contributed by atoms with E-state index in [-0.39, 0.29) is 6.03 Å². The Labute approximate surface area is 137 Å². The zero-order valence-corrected chi connectivity index (χ0v) is 14.3. The van der Waals surface area contributed by atoms with E-state index >= 15 is 0 Å². The van der Waals surface area contributed by atoms with Gasteiger partial charge in [-0.1, -0.05) is 6.92 Å². The van der Waals surface area contributed by atoms with Crippen LogP contribution in [0.2, 0.25) is 0 Å². The Kier molecular flexibility index (Phi) is 5.73. The molecule has 6 nitrogen and oxygen atoms in total. The normalized spacial score (nSPS) is 10.6. The molecule has 6 heteroatoms. The number of amides is 2. The number of aromatic nitrogens is 3. The number of hydrogen-bond acceptors (Lipinski definition) is 3. The largest absolute Gasteiger partial charge is 0.334 e. The molecule has 0 saturated carbocycles. The van der Waals surface area contributed by atoms with E-state index in [9.17, 15) is 4.79 Å². The predicted octanol–water partition coefficient (Wildman–Crippen LogP) is 2.65. The van der Waals surface area contributed by atoms with E-state index in [1.54, 1.807) is 18.1 Å². The van der Waals surface area contributed by atoms with Crippen molar-refractivity contribution < 1.29 is 4.79 Å². The Balaban J connectivity index is 1.86. The number of urea groups is 1. The molecule has 0 fully saturated rings. The second-order valence-electron chi connectivity index (χ2n) is 5.90. The quantitative estimate of drug-likeness (QED) is 0.891. The van der Waals surface area contributed by atoms with Crippen molar-refractivity contribution in [3.8, 4) is 0 Å². The molecule has 0 radical (unpaired) electrons. The first-order valence-corrected chi connectivity index (χ1v) is 7.92. The van der Waals surface area contributed by atoms with Crippen molar-refractivity contribution in [2.24, 2.45) is 0 Å². The second-order valence-corrected chi connectivity index (χ2v) is 5.90. The molecular weight excluding hydrogens is 290 g/mol. The molecule has 0 aliphatic rings. The standard InChI is InChI=1S/C17H25N5O/c1-5-6-22-11-15(10-19-22)9-18-17(23)21(4)12-16-8-13(2)7-14(3)20-16/h7-8,10-11H,5-6,9,12H2,1-4H3,(H,18,23). The van der Waals surface area contributed by atoms with Gasteiger partial charge in [-0.25, -0.2) is 4.79 Å². The Hall–Kier alpha value is -2.37. The number of carbonyl (C=O) groups excluding carboxylic acids is 1. The average Bonchev–Trinajstić information content (AvgIpc) is 2.91. The molecule has 1 N–H and O–H groups in total. The fourth-order valence-electron chi connectivity index (χ4n) is 2.48. The zero-order valence-electron chi connectivity index (χ0n) is 14.3. The highest BCUT2D eigenvalue weighted by atomic mass is 16.2. The minimum absolute atomic E-state index is 0.116. The molecule has 23 heavy (non-hydrogen) atoms. The third-order valence-corrected chi connectivity index (χ3v) is 3.48. The molecule has 0 atom stereocenters. The maximum Gasteiger partial charge on any atom is 0.317 e. The molecule has 0 spiro atoms. The lowest BCUT2D eigenvalue weighted by atomic mass is 10.2. The minimum atomic E-state index is -0.116. The minimum Gasteiger partial charge on any atom is -0.334 e. The number of hydrogen-bond donors (Lipinski definition) is 1. The molecule has 0 aliphatic carbocycles. The van der Waals surface area contributed by atoms with Crippen LogP contribution in [0.5, 0.6) is 0 Å². The number of nitrogens with zero attached hydrogens (tertiary/aromatic N) is 4. The van der Waals surface area contributed by atoms with Gasteiger partial charge in [0.2, 0.25) is 0 Å². The smallest absolute Gasteiger partial charge is 0.317 e. The summed E-state index contributed by atoms with van der Waals surface area (Å²) in [5.74, 6) is 0. The van der Waals surface area contributed by atoms with Crippen molar-refractivity contribution in [2.75, 3.05) is 7.05 Å². The number of pyridine rings is 1. The predicted molar refractivity (Wildman–Crippen MR) is 89.9 cm³/mol. The van der Waals surface area contributed by atoms with Crippen LogP contribution in [0, 0.1) is 13.8 Å². The molecule has 2 aromatic heterocycles. The fraction of sp³-hybridized carbons (Fsp3) is 0.471. The summed E-state index contributed by atoms with van der Waals surface area (Å²) in [6.45, 7) is 7.97. The highest BCUT2D eigenvalue weighted by molar-refractivity contribution is 5.73. The molecule has 0 aliphatic heterocycles. The van der Waals surface area contributed by atoms with Gasteiger partial charge >= 0.3 is 6.03 Å². The van der Waals surface area contributed by atoms with E-state index in [0.29, 0.717) is 13.1 Å². The van der Waals surface area contributed by atoms with Crippen LogP contribution >= 0.6 is 0 Å². The van der Waals surface area contributed by atoms with Crippen molar-refractivity contribution in [1.82, 2.24) is 25.0 Å². The van der Waals surface area contributed by atoms with Crippen LogP contribution in [0.4, 0.5) is 4.79 Å². The Morgan fingerprint density at radius 1 is 1.35 bits per heavy atom. The van der Waals surface area contributed by atoms with Crippen LogP contribution in [-0.4, -0.2) is 32.7 Å². The van der Waals surface area contributed by atoms with Crippen LogP contribution in [-0.2, 0) is 19.6 Å². The molecule has 2 aromatic rings. The fourth-order valence-corrected chi connectivity index (χ4v) is 2.48. The van der Waals surface area contributed by atoms with Gasteiger partial charge in [-0.05, 0) is 38.0 Å². The van der Waals surface area contributed by atoms with E-state index in [0.717, 1.165) is 35.5 Å². The lowest BCUT2D eigenvalue weighted by Gasteiger charge is -2.17. The molecular formula is C17H25N5O. The average molecular weight is 315 g/mol. The molecule has 2 rings (SSSR count). The SMILES string of the molecule is CCCn1cc(CNC(=O)N(C)Cc2cc(C)cc(C)n2)cn1. The zero-order chi connectivity index (χ0) is 16.8. The Morgan fingerprint density at radius 3 is 2.83 bits per heavy atom. The number of nitrogens with one attached hydrogen (secondary N) is 1. The Morgan fingerprint density at radius 2 is 2.13 bits per heavy atom. The number of aryl methyl sites for hydroxylation is 3. The van der Waals surface area contributed by atoms with E-state index in [2.05, 4.69) is 22.3 Å². The van der Waals surface area contributed by atoms with Crippen molar-refractivity contribution in [3.05, 3.63) is 47.0 Å². The molecule has 124 valence electrons. The summed E-state index contributed by atoms with van der Waals surface area (Å²) in [4.78, 5) is 18.3. The van der Waals surface area contributed by atoms with Gasteiger partial charge in [0.1, 0.15) is 0 Å². The monoisotopic (exact) mass is 315 g/mol. The summed E-state index contributed by atoms with van der Waals surface area (Å²) in [5, 5.41) is 7.17. The van der Waals surface area contributed by atoms with E-state index in [1.807, 2.05) is 36.9 Å². The lowest BCUT2D eigenvalue weighted by Crippen LogP contribution is -2.36. The molecule has 0 aromatic carbocycles. The molecule has 0 saturated heterocycles. The van der Waals surface area contributed by atoms with Crippen molar-refractivity contribution >= 4 is 6.03 Å². The third kappa shape index (κ3) is 5.09. The van der Waals surface area contributed by atoms with Gasteiger partial charge in [-0.2, -0.15) is 5.10 Å². The highest BCUT2D eigenvalue weighted by Gasteiger charge is 2.10. The van der Waals surface area contributed by atoms with Crippen LogP contribution in [0.1, 0.15) is 35.9 Å². The number of carbonyl (C=O) groups is 1. The molecule has 0 bridgehead atoms. The van der Waals surface area contributed by atoms with Crippen LogP contribution in [0.25, 0.3) is 0 Å². The molecule has 2 heterocycles. The van der Waals surface area contributed by atoms with Crippen molar-refractivity contribution in [1.29, 1.82) is 0 Å².